The molecule has 0 spiro atoms. The van der Waals surface area contributed by atoms with Crippen molar-refractivity contribution in [2.75, 3.05) is 6.61 Å². The fourth-order valence-electron chi connectivity index (χ4n) is 3.21. The molecule has 1 N–H and O–H groups in total. The second kappa shape index (κ2) is 8.50. The summed E-state index contributed by atoms with van der Waals surface area (Å²) < 4.78 is 11.7. The molecule has 0 aliphatic rings. The Labute approximate surface area is 183 Å². The summed E-state index contributed by atoms with van der Waals surface area (Å²) >= 11 is 7.75. The summed E-state index contributed by atoms with van der Waals surface area (Å²) in [5, 5.41) is 1.31. The van der Waals surface area contributed by atoms with Crippen LogP contribution in [0.2, 0.25) is 5.02 Å². The number of hydrogen-bond acceptors (Lipinski definition) is 5. The van der Waals surface area contributed by atoms with Crippen LogP contribution in [0.3, 0.4) is 0 Å². The van der Waals surface area contributed by atoms with Gasteiger partial charge >= 0.3 is 0 Å². The van der Waals surface area contributed by atoms with Crippen LogP contribution in [0.5, 0.6) is 11.5 Å². The summed E-state index contributed by atoms with van der Waals surface area (Å²) in [6.45, 7) is 6.67. The Balaban J connectivity index is 1.68. The number of aromatic amines is 1. The predicted octanol–water partition coefficient (Wildman–Crippen LogP) is 5.90. The summed E-state index contributed by atoms with van der Waals surface area (Å²) in [4.78, 5) is 22.0. The zero-order valence-electron chi connectivity index (χ0n) is 16.9. The summed E-state index contributed by atoms with van der Waals surface area (Å²) in [6.07, 6.45) is 0. The third-order valence-electron chi connectivity index (χ3n) is 4.90. The summed E-state index contributed by atoms with van der Waals surface area (Å²) in [7, 11) is 0. The van der Waals surface area contributed by atoms with Gasteiger partial charge in [-0.05, 0) is 50.6 Å². The monoisotopic (exact) mass is 440 g/mol. The third-order valence-corrected chi connectivity index (χ3v) is 6.37. The second-order valence-electron chi connectivity index (χ2n) is 6.85. The van der Waals surface area contributed by atoms with Gasteiger partial charge in [0.05, 0.1) is 12.0 Å². The van der Waals surface area contributed by atoms with Crippen LogP contribution in [-0.4, -0.2) is 16.6 Å². The molecule has 0 atom stereocenters. The number of fused-ring (bicyclic) bond motifs is 1. The van der Waals surface area contributed by atoms with E-state index in [2.05, 4.69) is 9.97 Å². The van der Waals surface area contributed by atoms with Crippen molar-refractivity contribution in [2.45, 2.75) is 27.4 Å². The molecular formula is C23H21ClN2O3S. The molecule has 4 rings (SSSR count). The van der Waals surface area contributed by atoms with Gasteiger partial charge in [0.1, 0.15) is 17.3 Å². The quantitative estimate of drug-likeness (QED) is 0.405. The van der Waals surface area contributed by atoms with Crippen molar-refractivity contribution in [1.29, 1.82) is 0 Å². The molecule has 0 aliphatic heterocycles. The highest BCUT2D eigenvalue weighted by molar-refractivity contribution is 7.18. The molecule has 0 fully saturated rings. The molecule has 2 aromatic carbocycles. The van der Waals surface area contributed by atoms with Crippen LogP contribution < -0.4 is 15.0 Å². The normalized spacial score (nSPS) is 11.1. The average Bonchev–Trinajstić information content (AvgIpc) is 3.02. The number of ether oxygens (including phenoxy) is 2. The fraction of sp³-hybridized carbons (Fsp3) is 0.217. The van der Waals surface area contributed by atoms with E-state index in [1.54, 1.807) is 0 Å². The van der Waals surface area contributed by atoms with E-state index in [0.29, 0.717) is 40.9 Å². The SMILES string of the molecule is CCOc1cc(-c2nc3sc(C)c(C)c3c(=O)[nH]2)ccc1OCc1ccccc1Cl. The van der Waals surface area contributed by atoms with E-state index in [1.807, 2.05) is 63.2 Å². The van der Waals surface area contributed by atoms with Gasteiger partial charge in [-0.2, -0.15) is 0 Å². The van der Waals surface area contributed by atoms with Gasteiger partial charge in [-0.1, -0.05) is 29.8 Å². The maximum Gasteiger partial charge on any atom is 0.260 e. The maximum atomic E-state index is 12.6. The molecule has 2 aromatic heterocycles. The van der Waals surface area contributed by atoms with E-state index in [1.165, 1.54) is 11.3 Å². The molecule has 0 saturated carbocycles. The van der Waals surface area contributed by atoms with Gasteiger partial charge in [-0.3, -0.25) is 4.79 Å². The number of rotatable bonds is 6. The van der Waals surface area contributed by atoms with Gasteiger partial charge in [0, 0.05) is 21.0 Å². The van der Waals surface area contributed by atoms with Crippen molar-refractivity contribution >= 4 is 33.2 Å². The third kappa shape index (κ3) is 3.93. The lowest BCUT2D eigenvalue weighted by Crippen LogP contribution is -2.09. The van der Waals surface area contributed by atoms with Crippen molar-refractivity contribution in [3.63, 3.8) is 0 Å². The molecule has 0 bridgehead atoms. The molecule has 154 valence electrons. The van der Waals surface area contributed by atoms with Crippen LogP contribution in [0, 0.1) is 13.8 Å². The molecule has 7 heteroatoms. The number of aryl methyl sites for hydroxylation is 2. The van der Waals surface area contributed by atoms with Gasteiger partial charge in [-0.25, -0.2) is 4.98 Å². The van der Waals surface area contributed by atoms with Gasteiger partial charge in [0.15, 0.2) is 11.5 Å². The van der Waals surface area contributed by atoms with Gasteiger partial charge < -0.3 is 14.5 Å². The van der Waals surface area contributed by atoms with E-state index in [4.69, 9.17) is 21.1 Å². The van der Waals surface area contributed by atoms with Gasteiger partial charge in [0.2, 0.25) is 0 Å². The number of nitrogens with zero attached hydrogens (tertiary/aromatic N) is 1. The largest absolute Gasteiger partial charge is 0.490 e. The molecule has 0 amide bonds. The molecule has 0 unspecified atom stereocenters. The number of halogens is 1. The molecule has 30 heavy (non-hydrogen) atoms. The predicted molar refractivity (Wildman–Crippen MR) is 122 cm³/mol. The highest BCUT2D eigenvalue weighted by Crippen LogP contribution is 2.34. The first kappa shape index (κ1) is 20.4. The standard InChI is InChI=1S/C23H21ClN2O3S/c1-4-28-19-11-15(9-10-18(19)29-12-16-7-5-6-8-17(16)24)21-25-22(27)20-13(2)14(3)30-23(20)26-21/h5-11H,4,12H2,1-3H3,(H,25,26,27). The van der Waals surface area contributed by atoms with E-state index in [-0.39, 0.29) is 5.56 Å². The Morgan fingerprint density at radius 1 is 1.10 bits per heavy atom. The number of thiophene rings is 1. The number of H-pyrrole nitrogens is 1. The first-order valence-electron chi connectivity index (χ1n) is 9.61. The smallest absolute Gasteiger partial charge is 0.260 e. The number of hydrogen-bond donors (Lipinski definition) is 1. The van der Waals surface area contributed by atoms with Crippen LogP contribution in [0.4, 0.5) is 0 Å². The van der Waals surface area contributed by atoms with E-state index in [9.17, 15) is 4.79 Å². The Kier molecular flexibility index (Phi) is 5.79. The minimum atomic E-state index is -0.131. The van der Waals surface area contributed by atoms with Crippen LogP contribution in [0.15, 0.2) is 47.3 Å². The van der Waals surface area contributed by atoms with Crippen molar-refractivity contribution < 1.29 is 9.47 Å². The lowest BCUT2D eigenvalue weighted by atomic mass is 10.1. The van der Waals surface area contributed by atoms with Crippen LogP contribution in [-0.2, 0) is 6.61 Å². The Morgan fingerprint density at radius 3 is 2.67 bits per heavy atom. The molecular weight excluding hydrogens is 420 g/mol. The highest BCUT2D eigenvalue weighted by Gasteiger charge is 2.15. The fourth-order valence-corrected chi connectivity index (χ4v) is 4.43. The second-order valence-corrected chi connectivity index (χ2v) is 8.46. The Bertz CT molecular complexity index is 1280. The minimum Gasteiger partial charge on any atom is -0.490 e. The molecule has 2 heterocycles. The zero-order chi connectivity index (χ0) is 21.3. The lowest BCUT2D eigenvalue weighted by Gasteiger charge is -2.14. The van der Waals surface area contributed by atoms with E-state index < -0.39 is 0 Å². The first-order chi connectivity index (χ1) is 14.5. The zero-order valence-corrected chi connectivity index (χ0v) is 18.5. The summed E-state index contributed by atoms with van der Waals surface area (Å²) in [5.74, 6) is 1.70. The molecule has 5 nitrogen and oxygen atoms in total. The lowest BCUT2D eigenvalue weighted by molar-refractivity contribution is 0.269. The molecule has 0 radical (unpaired) electrons. The molecule has 0 saturated heterocycles. The van der Waals surface area contributed by atoms with E-state index in [0.717, 1.165) is 26.4 Å². The van der Waals surface area contributed by atoms with Gasteiger partial charge in [0.25, 0.3) is 5.56 Å². The number of aromatic nitrogens is 2. The number of nitrogens with one attached hydrogen (secondary N) is 1. The molecule has 0 aliphatic carbocycles. The highest BCUT2D eigenvalue weighted by atomic mass is 35.5. The van der Waals surface area contributed by atoms with Crippen LogP contribution in [0.25, 0.3) is 21.6 Å². The van der Waals surface area contributed by atoms with Gasteiger partial charge in [-0.15, -0.1) is 11.3 Å². The van der Waals surface area contributed by atoms with E-state index >= 15 is 0 Å². The van der Waals surface area contributed by atoms with Crippen molar-refractivity contribution in [3.8, 4) is 22.9 Å². The van der Waals surface area contributed by atoms with Crippen LogP contribution >= 0.6 is 22.9 Å². The number of benzene rings is 2. The van der Waals surface area contributed by atoms with Crippen LogP contribution in [0.1, 0.15) is 22.9 Å². The molecule has 4 aromatic rings. The topological polar surface area (TPSA) is 64.2 Å². The first-order valence-corrected chi connectivity index (χ1v) is 10.8. The van der Waals surface area contributed by atoms with Crippen molar-refractivity contribution in [1.82, 2.24) is 9.97 Å². The summed E-state index contributed by atoms with van der Waals surface area (Å²) in [5.41, 5.74) is 2.50. The Morgan fingerprint density at radius 2 is 1.90 bits per heavy atom. The van der Waals surface area contributed by atoms with Crippen molar-refractivity contribution in [3.05, 3.63) is 73.8 Å². The Hall–Kier alpha value is -2.83. The van der Waals surface area contributed by atoms with Crippen molar-refractivity contribution in [2.24, 2.45) is 0 Å². The minimum absolute atomic E-state index is 0.131. The summed E-state index contributed by atoms with van der Waals surface area (Å²) in [6, 6.07) is 13.1. The maximum absolute atomic E-state index is 12.6. The average molecular weight is 441 g/mol.